The van der Waals surface area contributed by atoms with Crippen molar-refractivity contribution in [3.63, 3.8) is 0 Å². The number of anilines is 1. The van der Waals surface area contributed by atoms with Gasteiger partial charge in [-0.05, 0) is 12.8 Å². The number of methoxy groups -OCH3 is 1. The number of aromatic nitrogens is 2. The van der Waals surface area contributed by atoms with Gasteiger partial charge in [-0.3, -0.25) is 0 Å². The summed E-state index contributed by atoms with van der Waals surface area (Å²) < 4.78 is 5.04. The maximum Gasteiger partial charge on any atom is 0.156 e. The van der Waals surface area contributed by atoms with Crippen LogP contribution >= 0.6 is 0 Å². The monoisotopic (exact) mass is 209 g/mol. The lowest BCUT2D eigenvalue weighted by atomic mass is 10.1. The molecule has 0 saturated heterocycles. The summed E-state index contributed by atoms with van der Waals surface area (Å²) in [5, 5.41) is 3.19. The van der Waals surface area contributed by atoms with Gasteiger partial charge < -0.3 is 10.1 Å². The van der Waals surface area contributed by atoms with E-state index in [0.717, 1.165) is 23.9 Å². The third-order valence-corrected chi connectivity index (χ3v) is 2.02. The average molecular weight is 209 g/mol. The van der Waals surface area contributed by atoms with Crippen LogP contribution in [0.4, 0.5) is 5.82 Å². The Kier molecular flexibility index (Phi) is 4.49. The van der Waals surface area contributed by atoms with E-state index in [1.54, 1.807) is 7.11 Å². The van der Waals surface area contributed by atoms with Gasteiger partial charge in [-0.2, -0.15) is 0 Å². The van der Waals surface area contributed by atoms with E-state index in [0.29, 0.717) is 12.5 Å². The van der Waals surface area contributed by atoms with E-state index in [4.69, 9.17) is 4.74 Å². The van der Waals surface area contributed by atoms with Crippen molar-refractivity contribution < 1.29 is 4.74 Å². The average Bonchev–Trinajstić information content (AvgIpc) is 2.18. The van der Waals surface area contributed by atoms with E-state index in [9.17, 15) is 0 Å². The molecule has 1 aromatic rings. The van der Waals surface area contributed by atoms with Crippen LogP contribution in [-0.2, 0) is 11.3 Å². The molecule has 0 aromatic carbocycles. The molecule has 1 N–H and O–H groups in total. The Morgan fingerprint density at radius 2 is 2.13 bits per heavy atom. The van der Waals surface area contributed by atoms with Crippen LogP contribution in [-0.4, -0.2) is 23.6 Å². The smallest absolute Gasteiger partial charge is 0.156 e. The van der Waals surface area contributed by atoms with E-state index in [1.807, 2.05) is 13.0 Å². The van der Waals surface area contributed by atoms with E-state index in [2.05, 4.69) is 29.1 Å². The molecule has 0 atom stereocenters. The van der Waals surface area contributed by atoms with Crippen LogP contribution in [0.1, 0.15) is 38.2 Å². The molecule has 1 aromatic heterocycles. The molecular formula is C11H19N3O. The molecular weight excluding hydrogens is 190 g/mol. The summed E-state index contributed by atoms with van der Waals surface area (Å²) in [6, 6.07) is 1.99. The molecule has 1 heterocycles. The van der Waals surface area contributed by atoms with Crippen molar-refractivity contribution >= 4 is 5.82 Å². The number of nitrogens with one attached hydrogen (secondary N) is 1. The Morgan fingerprint density at radius 3 is 2.67 bits per heavy atom. The number of hydrogen-bond donors (Lipinski definition) is 1. The van der Waals surface area contributed by atoms with E-state index >= 15 is 0 Å². The van der Waals surface area contributed by atoms with Crippen molar-refractivity contribution in [3.8, 4) is 0 Å². The van der Waals surface area contributed by atoms with Crippen LogP contribution in [0.5, 0.6) is 0 Å². The predicted molar refractivity (Wildman–Crippen MR) is 61.0 cm³/mol. The van der Waals surface area contributed by atoms with E-state index < -0.39 is 0 Å². The Bertz CT molecular complexity index is 288. The van der Waals surface area contributed by atoms with Gasteiger partial charge in [0.15, 0.2) is 5.82 Å². The molecule has 1 rings (SSSR count). The zero-order valence-electron chi connectivity index (χ0n) is 9.87. The molecule has 0 bridgehead atoms. The SMILES string of the molecule is CCNc1cc(C(C)C)nc(COC)n1. The second-order valence-electron chi connectivity index (χ2n) is 3.71. The minimum Gasteiger partial charge on any atom is -0.377 e. The summed E-state index contributed by atoms with van der Waals surface area (Å²) in [7, 11) is 1.65. The van der Waals surface area contributed by atoms with Gasteiger partial charge in [0.2, 0.25) is 0 Å². The van der Waals surface area contributed by atoms with Gasteiger partial charge in [0, 0.05) is 25.4 Å². The molecule has 0 unspecified atom stereocenters. The fraction of sp³-hybridized carbons (Fsp3) is 0.636. The summed E-state index contributed by atoms with van der Waals surface area (Å²) in [6.07, 6.45) is 0. The van der Waals surface area contributed by atoms with Crippen LogP contribution in [0.15, 0.2) is 6.07 Å². The maximum atomic E-state index is 5.04. The largest absolute Gasteiger partial charge is 0.377 e. The van der Waals surface area contributed by atoms with Crippen LogP contribution in [0.3, 0.4) is 0 Å². The minimum absolute atomic E-state index is 0.404. The van der Waals surface area contributed by atoms with Gasteiger partial charge in [-0.1, -0.05) is 13.8 Å². The first-order valence-electron chi connectivity index (χ1n) is 5.28. The van der Waals surface area contributed by atoms with Crippen LogP contribution in [0, 0.1) is 0 Å². The zero-order chi connectivity index (χ0) is 11.3. The fourth-order valence-electron chi connectivity index (χ4n) is 1.28. The Morgan fingerprint density at radius 1 is 1.40 bits per heavy atom. The molecule has 0 fully saturated rings. The van der Waals surface area contributed by atoms with Gasteiger partial charge in [0.25, 0.3) is 0 Å². The normalized spacial score (nSPS) is 10.7. The number of rotatable bonds is 5. The number of hydrogen-bond acceptors (Lipinski definition) is 4. The van der Waals surface area contributed by atoms with Crippen molar-refractivity contribution in [2.24, 2.45) is 0 Å². The lowest BCUT2D eigenvalue weighted by molar-refractivity contribution is 0.177. The molecule has 4 nitrogen and oxygen atoms in total. The lowest BCUT2D eigenvalue weighted by Crippen LogP contribution is -2.07. The molecule has 0 aliphatic carbocycles. The first kappa shape index (κ1) is 11.9. The van der Waals surface area contributed by atoms with E-state index in [1.165, 1.54) is 0 Å². The Labute approximate surface area is 91.1 Å². The summed E-state index contributed by atoms with van der Waals surface area (Å²) in [6.45, 7) is 7.61. The van der Waals surface area contributed by atoms with Gasteiger partial charge >= 0.3 is 0 Å². The third-order valence-electron chi connectivity index (χ3n) is 2.02. The van der Waals surface area contributed by atoms with Crippen molar-refractivity contribution in [1.82, 2.24) is 9.97 Å². The van der Waals surface area contributed by atoms with Crippen LogP contribution < -0.4 is 5.32 Å². The molecule has 15 heavy (non-hydrogen) atoms. The third kappa shape index (κ3) is 3.47. The highest BCUT2D eigenvalue weighted by molar-refractivity contribution is 5.36. The first-order valence-corrected chi connectivity index (χ1v) is 5.28. The number of ether oxygens (including phenoxy) is 1. The van der Waals surface area contributed by atoms with Crippen molar-refractivity contribution in [2.75, 3.05) is 19.0 Å². The highest BCUT2D eigenvalue weighted by atomic mass is 16.5. The van der Waals surface area contributed by atoms with E-state index in [-0.39, 0.29) is 0 Å². The predicted octanol–water partition coefficient (Wildman–Crippen LogP) is 2.18. The fourth-order valence-corrected chi connectivity index (χ4v) is 1.28. The van der Waals surface area contributed by atoms with Crippen LogP contribution in [0.25, 0.3) is 0 Å². The van der Waals surface area contributed by atoms with Crippen molar-refractivity contribution in [1.29, 1.82) is 0 Å². The minimum atomic E-state index is 0.404. The van der Waals surface area contributed by atoms with Crippen molar-refractivity contribution in [2.45, 2.75) is 33.3 Å². The molecule has 4 heteroatoms. The molecule has 0 radical (unpaired) electrons. The highest BCUT2D eigenvalue weighted by Crippen LogP contribution is 2.15. The van der Waals surface area contributed by atoms with Gasteiger partial charge in [0.05, 0.1) is 0 Å². The number of nitrogens with zero attached hydrogens (tertiary/aromatic N) is 2. The summed E-state index contributed by atoms with van der Waals surface area (Å²) >= 11 is 0. The summed E-state index contributed by atoms with van der Waals surface area (Å²) in [5.74, 6) is 2.02. The van der Waals surface area contributed by atoms with Gasteiger partial charge in [-0.15, -0.1) is 0 Å². The molecule has 0 aliphatic heterocycles. The summed E-state index contributed by atoms with van der Waals surface area (Å²) in [4.78, 5) is 8.78. The first-order chi connectivity index (χ1) is 7.17. The molecule has 0 aliphatic rings. The quantitative estimate of drug-likeness (QED) is 0.807. The molecule has 0 amide bonds. The second-order valence-corrected chi connectivity index (χ2v) is 3.71. The topological polar surface area (TPSA) is 47.0 Å². The summed E-state index contributed by atoms with van der Waals surface area (Å²) in [5.41, 5.74) is 1.05. The van der Waals surface area contributed by atoms with Crippen molar-refractivity contribution in [3.05, 3.63) is 17.6 Å². The lowest BCUT2D eigenvalue weighted by Gasteiger charge is -2.10. The molecule has 0 saturated carbocycles. The maximum absolute atomic E-state index is 5.04. The zero-order valence-corrected chi connectivity index (χ0v) is 9.87. The highest BCUT2D eigenvalue weighted by Gasteiger charge is 2.06. The standard InChI is InChI=1S/C11H19N3O/c1-5-12-10-6-9(8(2)3)13-11(14-10)7-15-4/h6,8H,5,7H2,1-4H3,(H,12,13,14). The Balaban J connectivity index is 2.97. The molecule has 0 spiro atoms. The Hall–Kier alpha value is -1.16. The second kappa shape index (κ2) is 5.66. The molecule has 84 valence electrons. The van der Waals surface area contributed by atoms with Gasteiger partial charge in [0.1, 0.15) is 12.4 Å². The van der Waals surface area contributed by atoms with Gasteiger partial charge in [-0.25, -0.2) is 9.97 Å². The van der Waals surface area contributed by atoms with Crippen LogP contribution in [0.2, 0.25) is 0 Å².